The Balaban J connectivity index is 1.69. The summed E-state index contributed by atoms with van der Waals surface area (Å²) in [5.74, 6) is 1.21. The van der Waals surface area contributed by atoms with E-state index in [1.807, 2.05) is 0 Å². The van der Waals surface area contributed by atoms with Crippen LogP contribution in [0.1, 0.15) is 99.3 Å². The highest BCUT2D eigenvalue weighted by atomic mass is 19.2. The molecule has 0 radical (unpaired) electrons. The summed E-state index contributed by atoms with van der Waals surface area (Å²) in [6, 6.07) is 5.03. The Hall–Kier alpha value is -2.61. The minimum Gasteiger partial charge on any atom is -0.247 e. The molecule has 5 heteroatoms. The molecule has 0 atom stereocenters. The molecule has 0 unspecified atom stereocenters. The lowest BCUT2D eigenvalue weighted by Gasteiger charge is -2.25. The number of hydrogen-bond acceptors (Lipinski definition) is 0. The quantitative estimate of drug-likeness (QED) is 0.203. The van der Waals surface area contributed by atoms with Crippen molar-refractivity contribution in [2.45, 2.75) is 83.2 Å². The van der Waals surface area contributed by atoms with Gasteiger partial charge in [0.05, 0.1) is 5.56 Å². The van der Waals surface area contributed by atoms with Gasteiger partial charge in [-0.05, 0) is 68.2 Å². The Labute approximate surface area is 199 Å². The molecule has 0 nitrogen and oxygen atoms in total. The molecule has 182 valence electrons. The monoisotopic (exact) mass is 474 g/mol. The predicted octanol–water partition coefficient (Wildman–Crippen LogP) is 9.01. The predicted molar refractivity (Wildman–Crippen MR) is 127 cm³/mol. The second-order valence-electron chi connectivity index (χ2n) is 8.99. The van der Waals surface area contributed by atoms with Crippen LogP contribution < -0.4 is 0 Å². The Morgan fingerprint density at radius 1 is 0.853 bits per heavy atom. The van der Waals surface area contributed by atoms with E-state index >= 15 is 0 Å². The van der Waals surface area contributed by atoms with E-state index in [1.165, 1.54) is 24.6 Å². The van der Waals surface area contributed by atoms with E-state index in [0.29, 0.717) is 25.7 Å². The molecule has 1 aliphatic rings. The molecule has 0 spiro atoms. The van der Waals surface area contributed by atoms with Crippen molar-refractivity contribution in [1.82, 2.24) is 0 Å². The summed E-state index contributed by atoms with van der Waals surface area (Å²) in [5.41, 5.74) is -0.0533. The molecule has 0 aliphatic heterocycles. The first-order chi connectivity index (χ1) is 16.4. The summed E-state index contributed by atoms with van der Waals surface area (Å²) >= 11 is 0. The lowest BCUT2D eigenvalue weighted by molar-refractivity contribution is 0.233. The van der Waals surface area contributed by atoms with Gasteiger partial charge in [0.25, 0.3) is 0 Å². The van der Waals surface area contributed by atoms with E-state index in [0.717, 1.165) is 44.2 Å². The van der Waals surface area contributed by atoms with Crippen molar-refractivity contribution in [2.24, 2.45) is 0 Å². The first-order valence-corrected chi connectivity index (χ1v) is 12.2. The maximum Gasteiger partial charge on any atom is 0.174 e. The number of alkyl halides is 1. The van der Waals surface area contributed by atoms with Gasteiger partial charge in [0.1, 0.15) is 17.8 Å². The first kappa shape index (κ1) is 26.0. The summed E-state index contributed by atoms with van der Waals surface area (Å²) in [7, 11) is 0. The van der Waals surface area contributed by atoms with E-state index in [2.05, 4.69) is 18.8 Å². The van der Waals surface area contributed by atoms with E-state index in [4.69, 9.17) is 0 Å². The molecule has 34 heavy (non-hydrogen) atoms. The summed E-state index contributed by atoms with van der Waals surface area (Å²) in [6.45, 7) is 2.14. The van der Waals surface area contributed by atoms with Crippen molar-refractivity contribution in [3.8, 4) is 11.8 Å². The van der Waals surface area contributed by atoms with Crippen LogP contribution in [-0.2, 0) is 0 Å². The second-order valence-corrected chi connectivity index (χ2v) is 8.99. The van der Waals surface area contributed by atoms with Gasteiger partial charge in [-0.15, -0.1) is 0 Å². The topological polar surface area (TPSA) is 0 Å². The van der Waals surface area contributed by atoms with Crippen molar-refractivity contribution in [3.05, 3.63) is 75.9 Å². The zero-order valence-corrected chi connectivity index (χ0v) is 19.6. The third-order valence-corrected chi connectivity index (χ3v) is 6.39. The summed E-state index contributed by atoms with van der Waals surface area (Å²) in [6.07, 6.45) is 10.3. The molecular weight excluding hydrogens is 443 g/mol. The van der Waals surface area contributed by atoms with Gasteiger partial charge >= 0.3 is 0 Å². The molecule has 2 aromatic carbocycles. The minimum atomic E-state index is -1.09. The molecule has 1 aliphatic carbocycles. The molecule has 0 heterocycles. The standard InChI is InChI=1S/C29H31F5/c1-2-3-4-5-6-7-8-9-25-26(31)18-20(19-27(25)32)10-11-22-14-17-24(29(34)28(22)33)21-12-15-23(30)16-13-21/h8-9,14,17-19,21,23H,2-7,12-13,15-16H2,1H3/b9-8+. The Bertz CT molecular complexity index is 1030. The average Bonchev–Trinajstić information content (AvgIpc) is 2.81. The first-order valence-electron chi connectivity index (χ1n) is 12.2. The van der Waals surface area contributed by atoms with Crippen molar-refractivity contribution in [2.75, 3.05) is 0 Å². The maximum atomic E-state index is 14.6. The zero-order chi connectivity index (χ0) is 24.5. The van der Waals surface area contributed by atoms with Crippen molar-refractivity contribution in [1.29, 1.82) is 0 Å². The molecule has 0 saturated heterocycles. The third-order valence-electron chi connectivity index (χ3n) is 6.39. The van der Waals surface area contributed by atoms with Crippen molar-refractivity contribution >= 4 is 6.08 Å². The molecular formula is C29H31F5. The van der Waals surface area contributed by atoms with Gasteiger partial charge in [0, 0.05) is 11.1 Å². The molecule has 1 fully saturated rings. The number of unbranched alkanes of at least 4 members (excludes halogenated alkanes) is 5. The lowest BCUT2D eigenvalue weighted by atomic mass is 9.82. The van der Waals surface area contributed by atoms with Gasteiger partial charge in [0.2, 0.25) is 0 Å². The van der Waals surface area contributed by atoms with Gasteiger partial charge in [0.15, 0.2) is 11.6 Å². The molecule has 0 N–H and O–H groups in total. The number of hydrogen-bond donors (Lipinski definition) is 0. The van der Waals surface area contributed by atoms with Crippen LogP contribution in [0.3, 0.4) is 0 Å². The highest BCUT2D eigenvalue weighted by molar-refractivity contribution is 5.54. The van der Waals surface area contributed by atoms with Crippen molar-refractivity contribution < 1.29 is 22.0 Å². The van der Waals surface area contributed by atoms with Crippen LogP contribution in [-0.4, -0.2) is 6.17 Å². The molecule has 2 aromatic rings. The average molecular weight is 475 g/mol. The Morgan fingerprint density at radius 2 is 1.53 bits per heavy atom. The number of rotatable bonds is 8. The van der Waals surface area contributed by atoms with E-state index in [1.54, 1.807) is 6.08 Å². The van der Waals surface area contributed by atoms with Crippen LogP contribution in [0.15, 0.2) is 30.3 Å². The molecule has 0 bridgehead atoms. The molecule has 1 saturated carbocycles. The summed E-state index contributed by atoms with van der Waals surface area (Å²) in [5, 5.41) is 0. The Morgan fingerprint density at radius 3 is 2.21 bits per heavy atom. The van der Waals surface area contributed by atoms with Gasteiger partial charge < -0.3 is 0 Å². The zero-order valence-electron chi connectivity index (χ0n) is 19.6. The second kappa shape index (κ2) is 12.7. The maximum absolute atomic E-state index is 14.6. The number of benzene rings is 2. The number of halogens is 5. The van der Waals surface area contributed by atoms with E-state index < -0.39 is 29.4 Å². The normalized spacial score (nSPS) is 18.2. The summed E-state index contributed by atoms with van der Waals surface area (Å²) < 4.78 is 71.4. The molecule has 0 aromatic heterocycles. The van der Waals surface area contributed by atoms with Gasteiger partial charge in [-0.1, -0.05) is 62.7 Å². The highest BCUT2D eigenvalue weighted by Crippen LogP contribution is 2.36. The van der Waals surface area contributed by atoms with Crippen molar-refractivity contribution in [3.63, 3.8) is 0 Å². The SMILES string of the molecule is CCCCCCC/C=C/c1c(F)cc(C#Cc2ccc(C3CCC(F)CC3)c(F)c2F)cc1F. The fourth-order valence-corrected chi connectivity index (χ4v) is 4.36. The van der Waals surface area contributed by atoms with E-state index in [9.17, 15) is 22.0 Å². The van der Waals surface area contributed by atoms with Gasteiger partial charge in [-0.25, -0.2) is 22.0 Å². The van der Waals surface area contributed by atoms with E-state index in [-0.39, 0.29) is 28.2 Å². The van der Waals surface area contributed by atoms with Crippen LogP contribution in [0.2, 0.25) is 0 Å². The van der Waals surface area contributed by atoms with Gasteiger partial charge in [-0.2, -0.15) is 0 Å². The fourth-order valence-electron chi connectivity index (χ4n) is 4.36. The van der Waals surface area contributed by atoms with Crippen LogP contribution in [0.25, 0.3) is 6.08 Å². The Kier molecular flexibility index (Phi) is 9.74. The number of allylic oxidation sites excluding steroid dienone is 1. The minimum absolute atomic E-state index is 0.0388. The van der Waals surface area contributed by atoms with Crippen LogP contribution in [0, 0.1) is 35.1 Å². The fraction of sp³-hybridized carbons (Fsp3) is 0.448. The van der Waals surface area contributed by atoms with Crippen LogP contribution in [0.5, 0.6) is 0 Å². The van der Waals surface area contributed by atoms with Crippen LogP contribution in [0.4, 0.5) is 22.0 Å². The lowest BCUT2D eigenvalue weighted by Crippen LogP contribution is -2.15. The highest BCUT2D eigenvalue weighted by Gasteiger charge is 2.26. The smallest absolute Gasteiger partial charge is 0.174 e. The molecule has 3 rings (SSSR count). The third kappa shape index (κ3) is 6.95. The largest absolute Gasteiger partial charge is 0.247 e. The molecule has 0 amide bonds. The van der Waals surface area contributed by atoms with Crippen LogP contribution >= 0.6 is 0 Å². The van der Waals surface area contributed by atoms with Gasteiger partial charge in [-0.3, -0.25) is 0 Å². The summed E-state index contributed by atoms with van der Waals surface area (Å²) in [4.78, 5) is 0.